The molecule has 8 aromatic carbocycles. The molecule has 2 heterocycles. The van der Waals surface area contributed by atoms with Crippen LogP contribution in [0.5, 0.6) is 0 Å². The third kappa shape index (κ3) is 4.78. The van der Waals surface area contributed by atoms with Gasteiger partial charge in [-0.15, -0.1) is 0 Å². The standard InChI is InChI=1S/C58H42N4/c1-2-14-41-36(12-1)31-50(43-16-4-3-15-42(41)43)56-60-55(38-13-11-25-59-33-38)61-57(62-56)54-48-20-7-5-18-46(48)53(47-19-6-8-21-49(47)54)37-23-24-45-44-17-9-10-22-51(44)58(52(45)32-37)39-27-34-26-35(29-39)30-40(58)28-34/h1-25,31-35,39-40H,26-30H2. The second-order valence-electron chi connectivity index (χ2n) is 18.6. The Morgan fingerprint density at radius 1 is 0.387 bits per heavy atom. The highest BCUT2D eigenvalue weighted by molar-refractivity contribution is 6.21. The summed E-state index contributed by atoms with van der Waals surface area (Å²) in [5, 5.41) is 9.33. The van der Waals surface area contributed by atoms with Crippen molar-refractivity contribution in [2.24, 2.45) is 23.7 Å². The molecule has 0 aliphatic heterocycles. The monoisotopic (exact) mass is 794 g/mol. The van der Waals surface area contributed by atoms with Crippen molar-refractivity contribution in [3.63, 3.8) is 0 Å². The fraction of sp³-hybridized carbons (Fsp3) is 0.172. The van der Waals surface area contributed by atoms with E-state index in [9.17, 15) is 0 Å². The number of fused-ring (bicyclic) bond motifs is 8. The Hall–Kier alpha value is -7.04. The van der Waals surface area contributed by atoms with Crippen molar-refractivity contribution in [2.75, 3.05) is 0 Å². The van der Waals surface area contributed by atoms with Crippen LogP contribution in [0, 0.1) is 23.7 Å². The fourth-order valence-corrected chi connectivity index (χ4v) is 13.5. The molecule has 62 heavy (non-hydrogen) atoms. The van der Waals surface area contributed by atoms with E-state index in [-0.39, 0.29) is 5.41 Å². The third-order valence-electron chi connectivity index (χ3n) is 15.6. The molecule has 0 atom stereocenters. The molecule has 5 aliphatic carbocycles. The molecule has 294 valence electrons. The molecule has 2 aromatic heterocycles. The molecule has 0 radical (unpaired) electrons. The summed E-state index contributed by atoms with van der Waals surface area (Å²) in [4.78, 5) is 20.6. The van der Waals surface area contributed by atoms with Crippen molar-refractivity contribution in [1.29, 1.82) is 0 Å². The van der Waals surface area contributed by atoms with Gasteiger partial charge in [-0.3, -0.25) is 4.98 Å². The molecule has 10 aromatic rings. The first-order chi connectivity index (χ1) is 30.7. The lowest BCUT2D eigenvalue weighted by atomic mass is 9.43. The van der Waals surface area contributed by atoms with Gasteiger partial charge >= 0.3 is 0 Å². The summed E-state index contributed by atoms with van der Waals surface area (Å²) < 4.78 is 0. The highest BCUT2D eigenvalue weighted by Gasteiger charge is 2.61. The zero-order chi connectivity index (χ0) is 40.5. The first-order valence-electron chi connectivity index (χ1n) is 22.5. The molecule has 4 saturated carbocycles. The van der Waals surface area contributed by atoms with Crippen LogP contribution in [0.25, 0.3) is 99.5 Å². The van der Waals surface area contributed by atoms with Crippen LogP contribution in [-0.2, 0) is 5.41 Å². The van der Waals surface area contributed by atoms with Crippen molar-refractivity contribution in [1.82, 2.24) is 19.9 Å². The Morgan fingerprint density at radius 3 is 1.68 bits per heavy atom. The lowest BCUT2D eigenvalue weighted by Crippen LogP contribution is -2.55. The molecule has 1 spiro atoms. The molecule has 0 saturated heterocycles. The first-order valence-corrected chi connectivity index (χ1v) is 22.5. The molecule has 5 aliphatic rings. The summed E-state index contributed by atoms with van der Waals surface area (Å²) in [5.41, 5.74) is 11.6. The van der Waals surface area contributed by atoms with Crippen LogP contribution in [0.2, 0.25) is 0 Å². The highest BCUT2D eigenvalue weighted by atomic mass is 15.0. The smallest absolute Gasteiger partial charge is 0.165 e. The quantitative estimate of drug-likeness (QED) is 0.132. The minimum Gasteiger partial charge on any atom is -0.264 e. The van der Waals surface area contributed by atoms with E-state index in [1.54, 1.807) is 17.3 Å². The van der Waals surface area contributed by atoms with Crippen molar-refractivity contribution < 1.29 is 0 Å². The zero-order valence-electron chi connectivity index (χ0n) is 34.3. The number of rotatable bonds is 4. The maximum Gasteiger partial charge on any atom is 0.165 e. The van der Waals surface area contributed by atoms with Gasteiger partial charge in [0.15, 0.2) is 17.5 Å². The van der Waals surface area contributed by atoms with Crippen LogP contribution < -0.4 is 0 Å². The van der Waals surface area contributed by atoms with Crippen LogP contribution >= 0.6 is 0 Å². The van der Waals surface area contributed by atoms with Crippen molar-refractivity contribution in [3.8, 4) is 56.4 Å². The highest BCUT2D eigenvalue weighted by Crippen LogP contribution is 2.69. The summed E-state index contributed by atoms with van der Waals surface area (Å²) in [6, 6.07) is 58.2. The van der Waals surface area contributed by atoms with E-state index in [2.05, 4.69) is 151 Å². The van der Waals surface area contributed by atoms with E-state index in [1.807, 2.05) is 18.3 Å². The van der Waals surface area contributed by atoms with Gasteiger partial charge in [-0.2, -0.15) is 0 Å². The molecule has 0 unspecified atom stereocenters. The van der Waals surface area contributed by atoms with E-state index >= 15 is 0 Å². The second kappa shape index (κ2) is 13.0. The van der Waals surface area contributed by atoms with Gasteiger partial charge in [-0.05, 0) is 157 Å². The maximum atomic E-state index is 5.49. The van der Waals surface area contributed by atoms with Crippen LogP contribution in [-0.4, -0.2) is 19.9 Å². The molecule has 4 fully saturated rings. The van der Waals surface area contributed by atoms with Crippen molar-refractivity contribution >= 4 is 43.1 Å². The average molecular weight is 795 g/mol. The summed E-state index contributed by atoms with van der Waals surface area (Å²) in [7, 11) is 0. The number of nitrogens with zero attached hydrogens (tertiary/aromatic N) is 4. The normalized spacial score (nSPS) is 21.9. The lowest BCUT2D eigenvalue weighted by molar-refractivity contribution is -0.0399. The predicted molar refractivity (Wildman–Crippen MR) is 253 cm³/mol. The topological polar surface area (TPSA) is 51.6 Å². The summed E-state index contributed by atoms with van der Waals surface area (Å²) in [6.07, 6.45) is 10.6. The van der Waals surface area contributed by atoms with Crippen LogP contribution in [0.4, 0.5) is 0 Å². The average Bonchev–Trinajstić information content (AvgIpc) is 3.62. The summed E-state index contributed by atoms with van der Waals surface area (Å²) in [5.74, 6) is 5.12. The van der Waals surface area contributed by atoms with Gasteiger partial charge in [0.2, 0.25) is 0 Å². The molecule has 4 nitrogen and oxygen atoms in total. The second-order valence-corrected chi connectivity index (χ2v) is 18.6. The Labute approximate surface area is 360 Å². The third-order valence-corrected chi connectivity index (χ3v) is 15.6. The Bertz CT molecular complexity index is 3410. The number of benzene rings is 8. The van der Waals surface area contributed by atoms with Gasteiger partial charge in [0.1, 0.15) is 0 Å². The number of hydrogen-bond donors (Lipinski definition) is 0. The largest absolute Gasteiger partial charge is 0.264 e. The molecule has 0 N–H and O–H groups in total. The van der Waals surface area contributed by atoms with E-state index < -0.39 is 0 Å². The minimum atomic E-state index is 0.0951. The summed E-state index contributed by atoms with van der Waals surface area (Å²) in [6.45, 7) is 0. The van der Waals surface area contributed by atoms with Gasteiger partial charge in [0.25, 0.3) is 0 Å². The van der Waals surface area contributed by atoms with E-state index in [4.69, 9.17) is 15.0 Å². The van der Waals surface area contributed by atoms with Gasteiger partial charge < -0.3 is 0 Å². The molecule has 4 bridgehead atoms. The summed E-state index contributed by atoms with van der Waals surface area (Å²) >= 11 is 0. The minimum absolute atomic E-state index is 0.0951. The van der Waals surface area contributed by atoms with Crippen molar-refractivity contribution in [3.05, 3.63) is 181 Å². The molecule has 15 rings (SSSR count). The fourth-order valence-electron chi connectivity index (χ4n) is 13.5. The molecular weight excluding hydrogens is 753 g/mol. The van der Waals surface area contributed by atoms with E-state index in [0.29, 0.717) is 29.3 Å². The van der Waals surface area contributed by atoms with Gasteiger partial charge in [-0.1, -0.05) is 133 Å². The van der Waals surface area contributed by atoms with E-state index in [1.165, 1.54) is 75.9 Å². The van der Waals surface area contributed by atoms with Gasteiger partial charge in [-0.25, -0.2) is 15.0 Å². The number of aromatic nitrogens is 4. The molecule has 4 heteroatoms. The van der Waals surface area contributed by atoms with Gasteiger partial charge in [0, 0.05) is 34.5 Å². The Balaban J connectivity index is 1.02. The van der Waals surface area contributed by atoms with Crippen molar-refractivity contribution in [2.45, 2.75) is 37.5 Å². The lowest BCUT2D eigenvalue weighted by Gasteiger charge is -2.61. The van der Waals surface area contributed by atoms with E-state index in [0.717, 1.165) is 50.1 Å². The first kappa shape index (κ1) is 34.6. The maximum absolute atomic E-state index is 5.49. The SMILES string of the molecule is c1cncc(-c2nc(-c3c4ccccc4c(-c4ccc5c(c4)C4(c6ccccc6-5)C5CC6CC(C5)CC4C6)c4ccccc34)nc(-c3cc4ccccc4c4ccccc34)n2)c1. The zero-order valence-corrected chi connectivity index (χ0v) is 34.3. The predicted octanol–water partition coefficient (Wildman–Crippen LogP) is 14.3. The van der Waals surface area contributed by atoms with Crippen LogP contribution in [0.1, 0.15) is 43.2 Å². The van der Waals surface area contributed by atoms with Crippen LogP contribution in [0.15, 0.2) is 170 Å². The van der Waals surface area contributed by atoms with Gasteiger partial charge in [0.05, 0.1) is 0 Å². The Kier molecular flexibility index (Phi) is 7.26. The number of pyridine rings is 1. The molecule has 0 amide bonds. The van der Waals surface area contributed by atoms with Crippen LogP contribution in [0.3, 0.4) is 0 Å². The number of hydrogen-bond acceptors (Lipinski definition) is 4. The Morgan fingerprint density at radius 2 is 0.968 bits per heavy atom. The molecular formula is C58H42N4.